The lowest BCUT2D eigenvalue weighted by molar-refractivity contribution is -0.384. The summed E-state index contributed by atoms with van der Waals surface area (Å²) in [6, 6.07) is 11.3. The van der Waals surface area contributed by atoms with E-state index in [1.807, 2.05) is 0 Å². The number of nitrogens with zero attached hydrogens (tertiary/aromatic N) is 2. The number of benzene rings is 2. The van der Waals surface area contributed by atoms with Gasteiger partial charge in [-0.05, 0) is 49.2 Å². The molecule has 1 saturated carbocycles. The lowest BCUT2D eigenvalue weighted by atomic mass is 9.81. The Bertz CT molecular complexity index is 959. The minimum atomic E-state index is -0.660. The zero-order chi connectivity index (χ0) is 20.5. The third-order valence-electron chi connectivity index (χ3n) is 5.46. The van der Waals surface area contributed by atoms with Crippen molar-refractivity contribution in [3.05, 3.63) is 64.2 Å². The summed E-state index contributed by atoms with van der Waals surface area (Å²) in [5.74, 6) is -1.18. The molecule has 0 N–H and O–H groups in total. The Morgan fingerprint density at radius 2 is 1.48 bits per heavy atom. The van der Waals surface area contributed by atoms with Gasteiger partial charge in [0.15, 0.2) is 0 Å². The van der Waals surface area contributed by atoms with Crippen LogP contribution in [-0.2, 0) is 9.59 Å². The van der Waals surface area contributed by atoms with E-state index in [0.717, 1.165) is 25.7 Å². The summed E-state index contributed by atoms with van der Waals surface area (Å²) in [7, 11) is 0. The number of ether oxygens (including phenoxy) is 1. The number of carbonyl (C=O) groups excluding carboxylic acids is 3. The molecule has 1 aliphatic heterocycles. The van der Waals surface area contributed by atoms with E-state index < -0.39 is 10.9 Å². The van der Waals surface area contributed by atoms with Crippen molar-refractivity contribution in [2.45, 2.75) is 25.7 Å². The van der Waals surface area contributed by atoms with Crippen molar-refractivity contribution in [2.24, 2.45) is 11.8 Å². The van der Waals surface area contributed by atoms with Gasteiger partial charge < -0.3 is 4.74 Å². The molecule has 29 heavy (non-hydrogen) atoms. The van der Waals surface area contributed by atoms with Crippen LogP contribution < -0.4 is 9.64 Å². The minimum absolute atomic E-state index is 0.119. The molecule has 1 heterocycles. The van der Waals surface area contributed by atoms with Crippen LogP contribution in [-0.4, -0.2) is 22.7 Å². The number of non-ortho nitro benzene ring substituents is 1. The summed E-state index contributed by atoms with van der Waals surface area (Å²) in [5, 5.41) is 10.7. The summed E-state index contributed by atoms with van der Waals surface area (Å²) in [4.78, 5) is 48.9. The number of hydrogen-bond acceptors (Lipinski definition) is 6. The number of anilines is 1. The van der Waals surface area contributed by atoms with Gasteiger partial charge in [0.25, 0.3) is 5.69 Å². The van der Waals surface area contributed by atoms with Crippen molar-refractivity contribution in [3.63, 3.8) is 0 Å². The first-order chi connectivity index (χ1) is 14.0. The molecule has 0 unspecified atom stereocenters. The topological polar surface area (TPSA) is 107 Å². The number of amides is 2. The fourth-order valence-corrected chi connectivity index (χ4v) is 3.97. The second kappa shape index (κ2) is 7.46. The van der Waals surface area contributed by atoms with Crippen LogP contribution in [0, 0.1) is 22.0 Å². The first-order valence-electron chi connectivity index (χ1n) is 9.40. The summed E-state index contributed by atoms with van der Waals surface area (Å²) >= 11 is 0. The molecule has 2 atom stereocenters. The zero-order valence-electron chi connectivity index (χ0n) is 15.4. The molecule has 0 radical (unpaired) electrons. The third-order valence-corrected chi connectivity index (χ3v) is 5.46. The highest BCUT2D eigenvalue weighted by molar-refractivity contribution is 6.22. The predicted octanol–water partition coefficient (Wildman–Crippen LogP) is 3.49. The number of hydrogen-bond donors (Lipinski definition) is 0. The van der Waals surface area contributed by atoms with Gasteiger partial charge >= 0.3 is 5.97 Å². The number of carbonyl (C=O) groups is 3. The van der Waals surface area contributed by atoms with Gasteiger partial charge in [-0.25, -0.2) is 4.79 Å². The lowest BCUT2D eigenvalue weighted by Crippen LogP contribution is -2.30. The third kappa shape index (κ3) is 3.49. The standard InChI is InChI=1S/C21H18N2O6/c24-19-17-3-1-2-4-18(17)20(25)22(19)14-9-11-16(12-10-14)29-21(26)13-5-7-15(8-6-13)23(27)28/h5-12,17-18H,1-4H2/t17-,18-/m0/s1. The first kappa shape index (κ1) is 18.8. The molecule has 0 bridgehead atoms. The van der Waals surface area contributed by atoms with Crippen LogP contribution in [0.3, 0.4) is 0 Å². The quantitative estimate of drug-likeness (QED) is 0.258. The Morgan fingerprint density at radius 3 is 2.00 bits per heavy atom. The van der Waals surface area contributed by atoms with Crippen molar-refractivity contribution in [1.82, 2.24) is 0 Å². The number of fused-ring (bicyclic) bond motifs is 1. The number of nitro groups is 1. The second-order valence-electron chi connectivity index (χ2n) is 7.20. The van der Waals surface area contributed by atoms with Crippen LogP contribution in [0.15, 0.2) is 48.5 Å². The fraction of sp³-hybridized carbons (Fsp3) is 0.286. The van der Waals surface area contributed by atoms with E-state index in [1.165, 1.54) is 41.3 Å². The monoisotopic (exact) mass is 394 g/mol. The first-order valence-corrected chi connectivity index (χ1v) is 9.40. The van der Waals surface area contributed by atoms with Gasteiger partial charge in [0.05, 0.1) is 28.0 Å². The molecule has 148 valence electrons. The maximum Gasteiger partial charge on any atom is 0.343 e. The highest BCUT2D eigenvalue weighted by Crippen LogP contribution is 2.40. The average molecular weight is 394 g/mol. The summed E-state index contributed by atoms with van der Waals surface area (Å²) < 4.78 is 5.27. The van der Waals surface area contributed by atoms with E-state index in [0.29, 0.717) is 5.69 Å². The van der Waals surface area contributed by atoms with Crippen LogP contribution in [0.2, 0.25) is 0 Å². The van der Waals surface area contributed by atoms with Crippen molar-refractivity contribution >= 4 is 29.2 Å². The molecular weight excluding hydrogens is 376 g/mol. The van der Waals surface area contributed by atoms with Crippen LogP contribution in [0.1, 0.15) is 36.0 Å². The van der Waals surface area contributed by atoms with E-state index >= 15 is 0 Å². The molecule has 1 saturated heterocycles. The van der Waals surface area contributed by atoms with E-state index in [-0.39, 0.29) is 40.7 Å². The largest absolute Gasteiger partial charge is 0.423 e. The lowest BCUT2D eigenvalue weighted by Gasteiger charge is -2.19. The number of rotatable bonds is 4. The van der Waals surface area contributed by atoms with Gasteiger partial charge in [-0.2, -0.15) is 0 Å². The summed E-state index contributed by atoms with van der Waals surface area (Å²) in [6.07, 6.45) is 3.42. The maximum atomic E-state index is 12.6. The molecule has 8 nitrogen and oxygen atoms in total. The van der Waals surface area contributed by atoms with Crippen molar-refractivity contribution in [3.8, 4) is 5.75 Å². The van der Waals surface area contributed by atoms with Gasteiger partial charge in [0, 0.05) is 12.1 Å². The van der Waals surface area contributed by atoms with Gasteiger partial charge in [-0.1, -0.05) is 12.8 Å². The Balaban J connectivity index is 1.46. The number of nitro benzene ring substituents is 1. The Morgan fingerprint density at radius 1 is 0.931 bits per heavy atom. The van der Waals surface area contributed by atoms with E-state index in [2.05, 4.69) is 0 Å². The molecule has 2 aliphatic rings. The normalized spacial score (nSPS) is 21.0. The van der Waals surface area contributed by atoms with Gasteiger partial charge in [0.1, 0.15) is 5.75 Å². The molecule has 2 aromatic rings. The molecular formula is C21H18N2O6. The minimum Gasteiger partial charge on any atom is -0.423 e. The van der Waals surface area contributed by atoms with Crippen LogP contribution in [0.5, 0.6) is 5.75 Å². The molecule has 2 fully saturated rings. The molecule has 2 amide bonds. The Hall–Kier alpha value is -3.55. The van der Waals surface area contributed by atoms with Crippen LogP contribution in [0.4, 0.5) is 11.4 Å². The van der Waals surface area contributed by atoms with Gasteiger partial charge in [-0.3, -0.25) is 24.6 Å². The average Bonchev–Trinajstić information content (AvgIpc) is 2.99. The van der Waals surface area contributed by atoms with Crippen LogP contribution >= 0.6 is 0 Å². The molecule has 0 spiro atoms. The fourth-order valence-electron chi connectivity index (χ4n) is 3.97. The Labute approximate surface area is 166 Å². The molecule has 0 aromatic heterocycles. The highest BCUT2D eigenvalue weighted by Gasteiger charge is 2.48. The molecule has 8 heteroatoms. The maximum absolute atomic E-state index is 12.6. The summed E-state index contributed by atoms with van der Waals surface area (Å²) in [5.41, 5.74) is 0.518. The van der Waals surface area contributed by atoms with E-state index in [1.54, 1.807) is 12.1 Å². The van der Waals surface area contributed by atoms with E-state index in [4.69, 9.17) is 4.74 Å². The second-order valence-corrected chi connectivity index (χ2v) is 7.20. The zero-order valence-corrected chi connectivity index (χ0v) is 15.4. The molecule has 4 rings (SSSR count). The van der Waals surface area contributed by atoms with E-state index in [9.17, 15) is 24.5 Å². The van der Waals surface area contributed by atoms with Crippen LogP contribution in [0.25, 0.3) is 0 Å². The Kier molecular flexibility index (Phi) is 4.84. The van der Waals surface area contributed by atoms with Crippen molar-refractivity contribution in [1.29, 1.82) is 0 Å². The smallest absolute Gasteiger partial charge is 0.343 e. The molecule has 2 aromatic carbocycles. The predicted molar refractivity (Wildman–Crippen MR) is 102 cm³/mol. The summed E-state index contributed by atoms with van der Waals surface area (Å²) in [6.45, 7) is 0. The van der Waals surface area contributed by atoms with Crippen molar-refractivity contribution < 1.29 is 24.0 Å². The van der Waals surface area contributed by atoms with Gasteiger partial charge in [-0.15, -0.1) is 0 Å². The number of esters is 1. The highest BCUT2D eigenvalue weighted by atomic mass is 16.6. The number of imide groups is 1. The SMILES string of the molecule is O=C(Oc1ccc(N2C(=O)[C@H]3CCCC[C@@H]3C2=O)cc1)c1ccc([N+](=O)[O-])cc1. The molecule has 1 aliphatic carbocycles. The van der Waals surface area contributed by atoms with Crippen molar-refractivity contribution in [2.75, 3.05) is 4.90 Å². The van der Waals surface area contributed by atoms with Gasteiger partial charge in [0.2, 0.25) is 11.8 Å².